The molecule has 0 spiro atoms. The van der Waals surface area contributed by atoms with Crippen LogP contribution in [0, 0.1) is 0 Å². The summed E-state index contributed by atoms with van der Waals surface area (Å²) in [4.78, 5) is 41.3. The number of fused-ring (bicyclic) bond motifs is 1. The summed E-state index contributed by atoms with van der Waals surface area (Å²) in [6.45, 7) is 3.11. The van der Waals surface area contributed by atoms with E-state index in [9.17, 15) is 19.5 Å². The first-order valence-electron chi connectivity index (χ1n) is 11.8. The fourth-order valence-electron chi connectivity index (χ4n) is 4.07. The van der Waals surface area contributed by atoms with Gasteiger partial charge in [-0.1, -0.05) is 18.2 Å². The highest BCUT2D eigenvalue weighted by molar-refractivity contribution is 7.10. The lowest BCUT2D eigenvalue weighted by Crippen LogP contribution is -2.49. The molecule has 37 heavy (non-hydrogen) atoms. The normalized spacial score (nSPS) is 13.5. The van der Waals surface area contributed by atoms with Crippen molar-refractivity contribution in [3.63, 3.8) is 0 Å². The second kappa shape index (κ2) is 12.1. The number of carboxylic acid groups (broad SMARTS) is 1. The van der Waals surface area contributed by atoms with Gasteiger partial charge in [0, 0.05) is 22.7 Å². The van der Waals surface area contributed by atoms with Crippen LogP contribution in [0.15, 0.2) is 53.2 Å². The van der Waals surface area contributed by atoms with Crippen LogP contribution in [0.2, 0.25) is 0 Å². The average molecular weight is 544 g/mol. The van der Waals surface area contributed by atoms with Crippen LogP contribution >= 0.6 is 22.7 Å². The summed E-state index contributed by atoms with van der Waals surface area (Å²) in [6, 6.07) is 12.5. The predicted octanol–water partition coefficient (Wildman–Crippen LogP) is 4.54. The van der Waals surface area contributed by atoms with Gasteiger partial charge in [0.25, 0.3) is 0 Å². The molecular formula is C26H29N3O6S2. The molecule has 0 fully saturated rings. The number of hydrogen-bond donors (Lipinski definition) is 3. The number of nitrogens with zero attached hydrogens (tertiary/aromatic N) is 1. The Labute approximate surface area is 223 Å². The number of benzene rings is 1. The highest BCUT2D eigenvalue weighted by Gasteiger charge is 2.33. The van der Waals surface area contributed by atoms with Gasteiger partial charge in [0.1, 0.15) is 0 Å². The smallest absolute Gasteiger partial charge is 0.315 e. The topological polar surface area (TPSA) is 117 Å². The Morgan fingerprint density at radius 2 is 1.70 bits per heavy atom. The number of urea groups is 1. The Hall–Kier alpha value is -3.57. The molecule has 0 aliphatic carbocycles. The van der Waals surface area contributed by atoms with E-state index in [0.29, 0.717) is 36.6 Å². The van der Waals surface area contributed by atoms with Crippen molar-refractivity contribution in [3.05, 3.63) is 68.5 Å². The molecule has 0 saturated carbocycles. The van der Waals surface area contributed by atoms with Crippen LogP contribution in [0.25, 0.3) is 0 Å². The van der Waals surface area contributed by atoms with Gasteiger partial charge in [-0.25, -0.2) is 4.79 Å². The van der Waals surface area contributed by atoms with Gasteiger partial charge in [-0.15, -0.1) is 22.7 Å². The van der Waals surface area contributed by atoms with E-state index in [4.69, 9.17) is 9.47 Å². The third kappa shape index (κ3) is 7.23. The number of thiophene rings is 2. The zero-order valence-electron chi connectivity index (χ0n) is 20.4. The Morgan fingerprint density at radius 1 is 1.03 bits per heavy atom. The largest absolute Gasteiger partial charge is 0.481 e. The maximum atomic E-state index is 13.0. The maximum absolute atomic E-state index is 13.0. The number of nitrogens with one attached hydrogen (secondary N) is 2. The summed E-state index contributed by atoms with van der Waals surface area (Å²) >= 11 is 3.23. The minimum Gasteiger partial charge on any atom is -0.481 e. The van der Waals surface area contributed by atoms with Gasteiger partial charge in [-0.05, 0) is 53.9 Å². The molecule has 1 atom stereocenters. The quantitative estimate of drug-likeness (QED) is 0.289. The first-order chi connectivity index (χ1) is 17.8. The van der Waals surface area contributed by atoms with E-state index < -0.39 is 17.5 Å². The number of hydrogen-bond acceptors (Lipinski definition) is 7. The van der Waals surface area contributed by atoms with Gasteiger partial charge in [-0.3, -0.25) is 9.59 Å². The molecule has 9 nitrogen and oxygen atoms in total. The zero-order valence-corrected chi connectivity index (χ0v) is 22.0. The van der Waals surface area contributed by atoms with Gasteiger partial charge in [0.15, 0.2) is 11.5 Å². The first kappa shape index (κ1) is 26.5. The van der Waals surface area contributed by atoms with E-state index in [1.165, 1.54) is 0 Å². The monoisotopic (exact) mass is 543 g/mol. The van der Waals surface area contributed by atoms with E-state index in [1.807, 2.05) is 39.9 Å². The van der Waals surface area contributed by atoms with Crippen LogP contribution in [-0.4, -0.2) is 41.3 Å². The van der Waals surface area contributed by atoms with Crippen molar-refractivity contribution >= 4 is 40.6 Å². The molecule has 196 valence electrons. The third-order valence-corrected chi connectivity index (χ3v) is 7.69. The lowest BCUT2D eigenvalue weighted by Gasteiger charge is -2.30. The van der Waals surface area contributed by atoms with E-state index in [0.717, 1.165) is 9.75 Å². The molecular weight excluding hydrogens is 514 g/mol. The Balaban J connectivity index is 1.30. The summed E-state index contributed by atoms with van der Waals surface area (Å²) in [5.74, 6) is 0.0370. The fourth-order valence-corrected chi connectivity index (χ4v) is 5.51. The second-order valence-electron chi connectivity index (χ2n) is 8.86. The van der Waals surface area contributed by atoms with Gasteiger partial charge in [-0.2, -0.15) is 0 Å². The van der Waals surface area contributed by atoms with Gasteiger partial charge in [0.2, 0.25) is 12.7 Å². The van der Waals surface area contributed by atoms with Gasteiger partial charge in [0.05, 0.1) is 25.0 Å². The average Bonchev–Trinajstić information content (AvgIpc) is 3.63. The summed E-state index contributed by atoms with van der Waals surface area (Å²) in [6.07, 6.45) is 0.418. The number of ether oxygens (including phenoxy) is 2. The lowest BCUT2D eigenvalue weighted by molar-refractivity contribution is -0.138. The summed E-state index contributed by atoms with van der Waals surface area (Å²) in [7, 11) is 0. The van der Waals surface area contributed by atoms with Crippen molar-refractivity contribution in [1.29, 1.82) is 0 Å². The Kier molecular flexibility index (Phi) is 8.67. The zero-order chi connectivity index (χ0) is 26.3. The van der Waals surface area contributed by atoms with Crippen molar-refractivity contribution < 1.29 is 29.0 Å². The summed E-state index contributed by atoms with van der Waals surface area (Å²) in [5.41, 5.74) is -0.590. The van der Waals surface area contributed by atoms with Crippen molar-refractivity contribution in [3.8, 4) is 11.5 Å². The number of aliphatic carboxylic acids is 1. The summed E-state index contributed by atoms with van der Waals surface area (Å²) < 4.78 is 10.7. The number of rotatable bonds is 12. The highest BCUT2D eigenvalue weighted by atomic mass is 32.1. The molecule has 4 rings (SSSR count). The predicted molar refractivity (Wildman–Crippen MR) is 141 cm³/mol. The Bertz CT molecular complexity index is 1180. The molecule has 3 heterocycles. The number of carbonyl (C=O) groups excluding carboxylic acids is 2. The molecule has 0 bridgehead atoms. The van der Waals surface area contributed by atoms with Crippen molar-refractivity contribution in [2.45, 2.75) is 44.8 Å². The number of carbonyl (C=O) groups is 3. The second-order valence-corrected chi connectivity index (χ2v) is 10.9. The highest BCUT2D eigenvalue weighted by Crippen LogP contribution is 2.36. The molecule has 11 heteroatoms. The number of amides is 3. The summed E-state index contributed by atoms with van der Waals surface area (Å²) in [5, 5.41) is 19.0. The van der Waals surface area contributed by atoms with E-state index in [-0.39, 0.29) is 32.1 Å². The molecule has 3 aromatic rings. The molecule has 0 saturated heterocycles. The molecule has 1 aliphatic rings. The lowest BCUT2D eigenvalue weighted by atomic mass is 9.88. The maximum Gasteiger partial charge on any atom is 0.315 e. The minimum absolute atomic E-state index is 0.0140. The molecule has 3 amide bonds. The van der Waals surface area contributed by atoms with Crippen molar-refractivity contribution in [2.24, 2.45) is 0 Å². The fraction of sp³-hybridized carbons (Fsp3) is 0.346. The van der Waals surface area contributed by atoms with Crippen LogP contribution in [0.5, 0.6) is 11.5 Å². The standard InChI is InChI=1S/C26H29N3O6S2/c1-26(14-24(31)32,18-8-9-21-22(13-18)35-17-34-21)28-25(33)27-10-2-7-23(30)29(15-19-5-3-11-36-19)16-20-6-4-12-37-20/h3-6,8-9,11-13H,2,7,10,14-17H2,1H3,(H,31,32)(H2,27,28,33)/t26-/m0/s1. The van der Waals surface area contributed by atoms with Crippen molar-refractivity contribution in [2.75, 3.05) is 13.3 Å². The van der Waals surface area contributed by atoms with E-state index in [2.05, 4.69) is 10.6 Å². The molecule has 3 N–H and O–H groups in total. The molecule has 2 aromatic heterocycles. The van der Waals surface area contributed by atoms with Crippen LogP contribution in [0.1, 0.15) is 41.5 Å². The van der Waals surface area contributed by atoms with Crippen LogP contribution in [-0.2, 0) is 28.2 Å². The number of carboxylic acids is 1. The minimum atomic E-state index is -1.18. The van der Waals surface area contributed by atoms with E-state index in [1.54, 1.807) is 47.8 Å². The van der Waals surface area contributed by atoms with Gasteiger partial charge < -0.3 is 30.1 Å². The van der Waals surface area contributed by atoms with Crippen molar-refractivity contribution in [1.82, 2.24) is 15.5 Å². The first-order valence-corrected chi connectivity index (χ1v) is 13.6. The molecule has 0 radical (unpaired) electrons. The van der Waals surface area contributed by atoms with Crippen LogP contribution in [0.3, 0.4) is 0 Å². The van der Waals surface area contributed by atoms with Crippen LogP contribution in [0.4, 0.5) is 4.79 Å². The Morgan fingerprint density at radius 3 is 2.32 bits per heavy atom. The van der Waals surface area contributed by atoms with E-state index >= 15 is 0 Å². The molecule has 1 aromatic carbocycles. The molecule has 1 aliphatic heterocycles. The van der Waals surface area contributed by atoms with Crippen LogP contribution < -0.4 is 20.1 Å². The third-order valence-electron chi connectivity index (χ3n) is 5.96. The van der Waals surface area contributed by atoms with Gasteiger partial charge >= 0.3 is 12.0 Å². The molecule has 0 unspecified atom stereocenters. The SMILES string of the molecule is C[C@@](CC(=O)O)(NC(=O)NCCCC(=O)N(Cc1cccs1)Cc1cccs1)c1ccc2c(c1)OCO2.